The average molecular weight is 376 g/mol. The number of hydrogen-bond acceptors (Lipinski definition) is 6. The second-order valence-electron chi connectivity index (χ2n) is 6.25. The van der Waals surface area contributed by atoms with Gasteiger partial charge in [0.2, 0.25) is 5.88 Å². The van der Waals surface area contributed by atoms with Crippen LogP contribution in [0.1, 0.15) is 27.6 Å². The molecule has 0 saturated carbocycles. The molecule has 0 saturated heterocycles. The molecule has 1 aliphatic heterocycles. The largest absolute Gasteiger partial charge is 0.440 e. The molecular weight excluding hydrogens is 360 g/mol. The van der Waals surface area contributed by atoms with Gasteiger partial charge < -0.3 is 15.0 Å². The molecule has 3 aromatic rings. The van der Waals surface area contributed by atoms with Crippen LogP contribution in [-0.2, 0) is 6.54 Å². The van der Waals surface area contributed by atoms with Crippen molar-refractivity contribution in [3.05, 3.63) is 91.6 Å². The first-order valence-corrected chi connectivity index (χ1v) is 9.22. The minimum atomic E-state index is -0.602. The number of allylic oxidation sites excluding steroid dienone is 1. The van der Waals surface area contributed by atoms with Crippen molar-refractivity contribution in [2.75, 3.05) is 0 Å². The smallest absolute Gasteiger partial charge is 0.259 e. The van der Waals surface area contributed by atoms with E-state index in [1.165, 1.54) is 0 Å². The van der Waals surface area contributed by atoms with Crippen LogP contribution in [0.15, 0.2) is 64.4 Å². The van der Waals surface area contributed by atoms with E-state index >= 15 is 0 Å². The van der Waals surface area contributed by atoms with Gasteiger partial charge in [-0.25, -0.2) is 0 Å². The highest BCUT2D eigenvalue weighted by molar-refractivity contribution is 7.09. The van der Waals surface area contributed by atoms with Gasteiger partial charge in [0, 0.05) is 29.0 Å². The number of hydrogen-bond donors (Lipinski definition) is 1. The SMILES string of the molecule is Cc1cc2c(c(=O)n1Cc1cccs1)C(c1cccnc1)C(C#N)=C(N)O2. The maximum atomic E-state index is 13.4. The van der Waals surface area contributed by atoms with Crippen molar-refractivity contribution >= 4 is 11.3 Å². The number of aryl methyl sites for hydroxylation is 1. The Hall–Kier alpha value is -3.37. The third-order valence-corrected chi connectivity index (χ3v) is 5.46. The Morgan fingerprint density at radius 3 is 2.93 bits per heavy atom. The lowest BCUT2D eigenvalue weighted by Gasteiger charge is -2.27. The average Bonchev–Trinajstić information content (AvgIpc) is 3.18. The summed E-state index contributed by atoms with van der Waals surface area (Å²) in [6.07, 6.45) is 3.29. The molecule has 6 nitrogen and oxygen atoms in total. The molecule has 0 fully saturated rings. The van der Waals surface area contributed by atoms with E-state index in [1.54, 1.807) is 40.4 Å². The number of rotatable bonds is 3. The molecule has 0 radical (unpaired) electrons. The van der Waals surface area contributed by atoms with Crippen molar-refractivity contribution in [1.29, 1.82) is 5.26 Å². The Bertz CT molecular complexity index is 1130. The highest BCUT2D eigenvalue weighted by atomic mass is 32.1. The van der Waals surface area contributed by atoms with Crippen molar-refractivity contribution in [2.24, 2.45) is 5.73 Å². The Morgan fingerprint density at radius 1 is 1.41 bits per heavy atom. The van der Waals surface area contributed by atoms with Gasteiger partial charge in [0.15, 0.2) is 0 Å². The van der Waals surface area contributed by atoms with E-state index in [4.69, 9.17) is 10.5 Å². The lowest BCUT2D eigenvalue weighted by Crippen LogP contribution is -2.32. The molecule has 0 spiro atoms. The first kappa shape index (κ1) is 17.1. The number of nitrogens with zero attached hydrogens (tertiary/aromatic N) is 3. The number of thiophene rings is 1. The van der Waals surface area contributed by atoms with Crippen molar-refractivity contribution < 1.29 is 4.74 Å². The monoisotopic (exact) mass is 376 g/mol. The first-order valence-electron chi connectivity index (χ1n) is 8.34. The second-order valence-corrected chi connectivity index (χ2v) is 7.28. The number of nitrogens with two attached hydrogens (primary N) is 1. The Morgan fingerprint density at radius 2 is 2.26 bits per heavy atom. The molecular formula is C20H16N4O2S. The van der Waals surface area contributed by atoms with Crippen molar-refractivity contribution in [3.8, 4) is 11.8 Å². The summed E-state index contributed by atoms with van der Waals surface area (Å²) in [6.45, 7) is 2.33. The molecule has 4 heterocycles. The van der Waals surface area contributed by atoms with Gasteiger partial charge in [-0.3, -0.25) is 9.78 Å². The lowest BCUT2D eigenvalue weighted by atomic mass is 9.85. The fourth-order valence-electron chi connectivity index (χ4n) is 3.32. The highest BCUT2D eigenvalue weighted by Gasteiger charge is 2.34. The van der Waals surface area contributed by atoms with Crippen molar-refractivity contribution in [3.63, 3.8) is 0 Å². The van der Waals surface area contributed by atoms with Crippen LogP contribution in [0.25, 0.3) is 0 Å². The molecule has 1 atom stereocenters. The third kappa shape index (κ3) is 2.90. The number of nitriles is 1. The molecule has 2 N–H and O–H groups in total. The van der Waals surface area contributed by atoms with Crippen molar-refractivity contribution in [1.82, 2.24) is 9.55 Å². The summed E-state index contributed by atoms with van der Waals surface area (Å²) in [6, 6.07) is 11.5. The van der Waals surface area contributed by atoms with Gasteiger partial charge in [-0.2, -0.15) is 5.26 Å². The minimum Gasteiger partial charge on any atom is -0.440 e. The molecule has 27 heavy (non-hydrogen) atoms. The molecule has 1 aliphatic rings. The fourth-order valence-corrected chi connectivity index (χ4v) is 4.01. The lowest BCUT2D eigenvalue weighted by molar-refractivity contribution is 0.389. The maximum Gasteiger partial charge on any atom is 0.259 e. The Labute approximate surface area is 159 Å². The molecule has 3 aromatic heterocycles. The zero-order chi connectivity index (χ0) is 19.0. The summed E-state index contributed by atoms with van der Waals surface area (Å²) >= 11 is 1.59. The van der Waals surface area contributed by atoms with Gasteiger partial charge in [0.25, 0.3) is 5.56 Å². The summed E-state index contributed by atoms with van der Waals surface area (Å²) in [5.41, 5.74) is 7.93. The summed E-state index contributed by atoms with van der Waals surface area (Å²) in [5, 5.41) is 11.6. The normalized spacial score (nSPS) is 15.8. The molecule has 7 heteroatoms. The van der Waals surface area contributed by atoms with Crippen LogP contribution in [0, 0.1) is 18.3 Å². The van der Waals surface area contributed by atoms with E-state index in [2.05, 4.69) is 11.1 Å². The molecule has 0 amide bonds. The Balaban J connectivity index is 1.95. The summed E-state index contributed by atoms with van der Waals surface area (Å²) in [7, 11) is 0. The topological polar surface area (TPSA) is 93.9 Å². The van der Waals surface area contributed by atoms with Crippen LogP contribution in [0.2, 0.25) is 0 Å². The molecule has 4 rings (SSSR count). The van der Waals surface area contributed by atoms with Crippen molar-refractivity contribution in [2.45, 2.75) is 19.4 Å². The van der Waals surface area contributed by atoms with E-state index in [-0.39, 0.29) is 17.0 Å². The van der Waals surface area contributed by atoms with Gasteiger partial charge in [0.05, 0.1) is 18.0 Å². The predicted molar refractivity (Wildman–Crippen MR) is 102 cm³/mol. The molecule has 134 valence electrons. The quantitative estimate of drug-likeness (QED) is 0.758. The summed E-state index contributed by atoms with van der Waals surface area (Å²) in [5.74, 6) is -0.186. The number of ether oxygens (including phenoxy) is 1. The van der Waals surface area contributed by atoms with Crippen LogP contribution in [0.3, 0.4) is 0 Å². The zero-order valence-corrected chi connectivity index (χ0v) is 15.4. The summed E-state index contributed by atoms with van der Waals surface area (Å²) in [4.78, 5) is 18.6. The number of aromatic nitrogens is 2. The van der Waals surface area contributed by atoms with E-state index in [0.717, 1.165) is 16.1 Å². The van der Waals surface area contributed by atoms with Crippen LogP contribution in [0.5, 0.6) is 5.75 Å². The van der Waals surface area contributed by atoms with Gasteiger partial charge in [-0.1, -0.05) is 12.1 Å². The van der Waals surface area contributed by atoms with Crippen LogP contribution < -0.4 is 16.0 Å². The van der Waals surface area contributed by atoms with Gasteiger partial charge in [0.1, 0.15) is 17.4 Å². The second kappa shape index (κ2) is 6.74. The predicted octanol–water partition coefficient (Wildman–Crippen LogP) is 2.88. The van der Waals surface area contributed by atoms with Gasteiger partial charge >= 0.3 is 0 Å². The fraction of sp³-hybridized carbons (Fsp3) is 0.150. The van der Waals surface area contributed by atoms with E-state index < -0.39 is 5.92 Å². The van der Waals surface area contributed by atoms with E-state index in [0.29, 0.717) is 17.9 Å². The molecule has 0 bridgehead atoms. The van der Waals surface area contributed by atoms with Gasteiger partial charge in [-0.15, -0.1) is 11.3 Å². The molecule has 0 aromatic carbocycles. The van der Waals surface area contributed by atoms with Crippen LogP contribution in [0.4, 0.5) is 0 Å². The highest BCUT2D eigenvalue weighted by Crippen LogP contribution is 2.40. The molecule has 1 unspecified atom stereocenters. The van der Waals surface area contributed by atoms with Crippen LogP contribution >= 0.6 is 11.3 Å². The van der Waals surface area contributed by atoms with Gasteiger partial charge in [-0.05, 0) is 30.0 Å². The zero-order valence-electron chi connectivity index (χ0n) is 14.5. The van der Waals surface area contributed by atoms with Crippen LogP contribution in [-0.4, -0.2) is 9.55 Å². The molecule has 0 aliphatic carbocycles. The number of pyridine rings is 2. The van der Waals surface area contributed by atoms with E-state index in [1.807, 2.05) is 30.5 Å². The van der Waals surface area contributed by atoms with E-state index in [9.17, 15) is 10.1 Å². The Kier molecular flexibility index (Phi) is 4.26. The third-order valence-electron chi connectivity index (χ3n) is 4.60. The minimum absolute atomic E-state index is 0.0219. The number of fused-ring (bicyclic) bond motifs is 1. The maximum absolute atomic E-state index is 13.4. The standard InChI is InChI=1S/C20H16N4O2S/c1-12-8-16-18(20(25)24(12)11-14-5-3-7-27-14)17(13-4-2-6-23-10-13)15(9-21)19(22)26-16/h2-8,10,17H,11,22H2,1H3. The first-order chi connectivity index (χ1) is 13.1. The summed E-state index contributed by atoms with van der Waals surface area (Å²) < 4.78 is 7.34.